The van der Waals surface area contributed by atoms with Crippen molar-refractivity contribution >= 4 is 18.1 Å². The Kier molecular flexibility index (Phi) is 5.04. The number of alkyl halides is 5. The highest BCUT2D eigenvalue weighted by molar-refractivity contribution is 7.86. The Morgan fingerprint density at radius 3 is 2.10 bits per heavy atom. The zero-order valence-corrected chi connectivity index (χ0v) is 11.8. The molecule has 0 heterocycles. The summed E-state index contributed by atoms with van der Waals surface area (Å²) in [5.41, 5.74) is -1.83. The summed E-state index contributed by atoms with van der Waals surface area (Å²) in [5, 5.41) is 0. The first kappa shape index (κ1) is 17.9. The standard InChI is InChI=1S/C9H7F5O5PS/c1-20(15)18-19-21(16,17)7-5-3-2-4-6(7)8(10,11)9(12,13)14/h2-5H,1H3/q+1. The number of halogens is 5. The van der Waals surface area contributed by atoms with Crippen molar-refractivity contribution in [2.45, 2.75) is 17.0 Å². The van der Waals surface area contributed by atoms with Crippen LogP contribution in [0.15, 0.2) is 29.2 Å². The molecular weight excluding hydrogens is 346 g/mol. The van der Waals surface area contributed by atoms with Crippen LogP contribution in [0.2, 0.25) is 0 Å². The summed E-state index contributed by atoms with van der Waals surface area (Å²) in [6.07, 6.45) is -6.00. The van der Waals surface area contributed by atoms with Crippen molar-refractivity contribution in [3.63, 3.8) is 0 Å². The van der Waals surface area contributed by atoms with Gasteiger partial charge in [-0.2, -0.15) is 30.4 Å². The van der Waals surface area contributed by atoms with Gasteiger partial charge in [0.1, 0.15) is 4.90 Å². The lowest BCUT2D eigenvalue weighted by molar-refractivity contribution is -0.290. The van der Waals surface area contributed by atoms with Gasteiger partial charge in [0.2, 0.25) is 0 Å². The van der Waals surface area contributed by atoms with E-state index in [0.29, 0.717) is 6.07 Å². The maximum atomic E-state index is 13.3. The Balaban J connectivity index is 3.38. The zero-order valence-electron chi connectivity index (χ0n) is 10.1. The van der Waals surface area contributed by atoms with Crippen molar-refractivity contribution in [2.75, 3.05) is 6.66 Å². The number of benzene rings is 1. The Labute approximate surface area is 116 Å². The van der Waals surface area contributed by atoms with Crippen LogP contribution in [0.1, 0.15) is 5.56 Å². The minimum Gasteiger partial charge on any atom is -0.191 e. The molecule has 118 valence electrons. The molecule has 0 aliphatic rings. The molecule has 0 saturated carbocycles. The normalized spacial score (nSPS) is 14.1. The van der Waals surface area contributed by atoms with E-state index in [9.17, 15) is 34.9 Å². The monoisotopic (exact) mass is 353 g/mol. The van der Waals surface area contributed by atoms with Crippen molar-refractivity contribution in [3.8, 4) is 0 Å². The van der Waals surface area contributed by atoms with E-state index in [1.54, 1.807) is 0 Å². The Morgan fingerprint density at radius 1 is 1.10 bits per heavy atom. The number of hydrogen-bond donors (Lipinski definition) is 0. The molecule has 0 aliphatic carbocycles. The molecular formula is C9H7F5O5PS+. The second kappa shape index (κ2) is 5.91. The molecule has 0 spiro atoms. The molecule has 1 aromatic rings. The van der Waals surface area contributed by atoms with E-state index in [1.807, 2.05) is 0 Å². The fourth-order valence-corrected chi connectivity index (χ4v) is 2.66. The minimum atomic E-state index is -6.00. The van der Waals surface area contributed by atoms with Crippen LogP contribution >= 0.6 is 8.03 Å². The Bertz CT molecular complexity index is 642. The van der Waals surface area contributed by atoms with E-state index in [0.717, 1.165) is 18.8 Å². The van der Waals surface area contributed by atoms with E-state index in [2.05, 4.69) is 9.01 Å². The van der Waals surface area contributed by atoms with Gasteiger partial charge < -0.3 is 0 Å². The molecule has 0 aliphatic heterocycles. The molecule has 0 amide bonds. The van der Waals surface area contributed by atoms with Crippen LogP contribution in [0.3, 0.4) is 0 Å². The van der Waals surface area contributed by atoms with Gasteiger partial charge in [0, 0.05) is 4.67 Å². The molecule has 0 radical (unpaired) electrons. The third-order valence-corrected chi connectivity index (χ3v) is 3.60. The number of hydrogen-bond acceptors (Lipinski definition) is 5. The third kappa shape index (κ3) is 3.94. The third-order valence-electron chi connectivity index (χ3n) is 2.08. The van der Waals surface area contributed by atoms with Crippen LogP contribution < -0.4 is 0 Å². The molecule has 1 unspecified atom stereocenters. The maximum Gasteiger partial charge on any atom is 0.537 e. The first-order valence-electron chi connectivity index (χ1n) is 4.96. The predicted molar refractivity (Wildman–Crippen MR) is 59.3 cm³/mol. The second-order valence-corrected chi connectivity index (χ2v) is 6.12. The SMILES string of the molecule is C[P+](=O)OOS(=O)(=O)c1ccccc1C(F)(F)C(F)(F)F. The zero-order chi connectivity index (χ0) is 16.5. The molecule has 0 aromatic heterocycles. The van der Waals surface area contributed by atoms with Crippen molar-refractivity contribution < 1.29 is 43.9 Å². The summed E-state index contributed by atoms with van der Waals surface area (Å²) in [6.45, 7) is 0.890. The van der Waals surface area contributed by atoms with E-state index in [4.69, 9.17) is 0 Å². The van der Waals surface area contributed by atoms with Crippen LogP contribution in [0, 0.1) is 0 Å². The lowest BCUT2D eigenvalue weighted by Crippen LogP contribution is -2.35. The Hall–Kier alpha value is -1.16. The quantitative estimate of drug-likeness (QED) is 0.351. The summed E-state index contributed by atoms with van der Waals surface area (Å²) in [4.78, 5) is -1.44. The Morgan fingerprint density at radius 2 is 1.62 bits per heavy atom. The first-order valence-corrected chi connectivity index (χ1v) is 7.99. The average molecular weight is 353 g/mol. The molecule has 5 nitrogen and oxygen atoms in total. The number of rotatable bonds is 5. The lowest BCUT2D eigenvalue weighted by Gasteiger charge is -2.21. The van der Waals surface area contributed by atoms with Crippen LogP contribution in [0.5, 0.6) is 0 Å². The van der Waals surface area contributed by atoms with Crippen molar-refractivity contribution in [1.82, 2.24) is 0 Å². The van der Waals surface area contributed by atoms with Crippen LogP contribution in [-0.2, 0) is 29.6 Å². The summed E-state index contributed by atoms with van der Waals surface area (Å²) >= 11 is 0. The highest BCUT2D eigenvalue weighted by atomic mass is 32.2. The van der Waals surface area contributed by atoms with E-state index in [-0.39, 0.29) is 6.07 Å². The summed E-state index contributed by atoms with van der Waals surface area (Å²) in [7, 11) is -7.69. The van der Waals surface area contributed by atoms with Gasteiger partial charge in [-0.15, -0.1) is 0 Å². The predicted octanol–water partition coefficient (Wildman–Crippen LogP) is 3.35. The molecule has 21 heavy (non-hydrogen) atoms. The summed E-state index contributed by atoms with van der Waals surface area (Å²) in [5.74, 6) is -5.42. The fourth-order valence-electron chi connectivity index (χ4n) is 1.22. The lowest BCUT2D eigenvalue weighted by atomic mass is 10.1. The molecule has 1 atom stereocenters. The second-order valence-electron chi connectivity index (χ2n) is 3.60. The van der Waals surface area contributed by atoms with Gasteiger partial charge in [-0.3, -0.25) is 0 Å². The van der Waals surface area contributed by atoms with Gasteiger partial charge >= 0.3 is 30.2 Å². The minimum absolute atomic E-state index is 0.287. The molecule has 0 saturated heterocycles. The average Bonchev–Trinajstić information content (AvgIpc) is 2.35. The molecule has 0 bridgehead atoms. The maximum absolute atomic E-state index is 13.3. The van der Waals surface area contributed by atoms with Crippen LogP contribution in [0.4, 0.5) is 22.0 Å². The summed E-state index contributed by atoms with van der Waals surface area (Å²) in [6, 6.07) is 2.49. The highest BCUT2D eigenvalue weighted by Gasteiger charge is 2.60. The van der Waals surface area contributed by atoms with Gasteiger partial charge in [-0.25, -0.2) is 0 Å². The first-order chi connectivity index (χ1) is 9.39. The summed E-state index contributed by atoms with van der Waals surface area (Å²) < 4.78 is 105. The molecule has 1 rings (SSSR count). The van der Waals surface area contributed by atoms with E-state index >= 15 is 0 Å². The van der Waals surface area contributed by atoms with Crippen LogP contribution in [0.25, 0.3) is 0 Å². The molecule has 0 N–H and O–H groups in total. The van der Waals surface area contributed by atoms with Crippen molar-refractivity contribution in [3.05, 3.63) is 29.8 Å². The van der Waals surface area contributed by atoms with Gasteiger partial charge in [0.05, 0.1) is 5.56 Å². The largest absolute Gasteiger partial charge is 0.537 e. The van der Waals surface area contributed by atoms with E-state index < -0.39 is 40.7 Å². The highest BCUT2D eigenvalue weighted by Crippen LogP contribution is 2.46. The van der Waals surface area contributed by atoms with Crippen LogP contribution in [-0.4, -0.2) is 21.3 Å². The van der Waals surface area contributed by atoms with Gasteiger partial charge in [-0.1, -0.05) is 22.5 Å². The van der Waals surface area contributed by atoms with Gasteiger partial charge in [0.15, 0.2) is 6.66 Å². The van der Waals surface area contributed by atoms with Crippen molar-refractivity contribution in [2.24, 2.45) is 0 Å². The molecule has 0 fully saturated rings. The molecule has 1 aromatic carbocycles. The van der Waals surface area contributed by atoms with E-state index in [1.165, 1.54) is 0 Å². The fraction of sp³-hybridized carbons (Fsp3) is 0.333. The van der Waals surface area contributed by atoms with Gasteiger partial charge in [-0.05, 0) is 10.6 Å². The topological polar surface area (TPSA) is 69.7 Å². The van der Waals surface area contributed by atoms with Gasteiger partial charge in [0.25, 0.3) is 0 Å². The molecule has 12 heteroatoms. The smallest absolute Gasteiger partial charge is 0.191 e. The van der Waals surface area contributed by atoms with Crippen molar-refractivity contribution in [1.29, 1.82) is 0 Å².